The second kappa shape index (κ2) is 8.52. The van der Waals surface area contributed by atoms with Gasteiger partial charge < -0.3 is 9.15 Å². The number of aromatic amines is 1. The van der Waals surface area contributed by atoms with E-state index < -0.39 is 36.3 Å². The number of fused-ring (bicyclic) bond motifs is 1. The van der Waals surface area contributed by atoms with Crippen LogP contribution in [0.5, 0.6) is 5.75 Å². The minimum atomic E-state index is -4.79. The number of H-pyrrole nitrogens is 1. The molecule has 0 unspecified atom stereocenters. The Morgan fingerprint density at radius 1 is 1.06 bits per heavy atom. The molecule has 0 saturated carbocycles. The first kappa shape index (κ1) is 21.7. The molecular weight excluding hydrogens is 442 g/mol. The number of aryl methyl sites for hydroxylation is 2. The fourth-order valence-corrected chi connectivity index (χ4v) is 3.18. The van der Waals surface area contributed by atoms with Crippen LogP contribution in [0.15, 0.2) is 40.8 Å². The van der Waals surface area contributed by atoms with Crippen molar-refractivity contribution in [2.45, 2.75) is 25.4 Å². The lowest BCUT2D eigenvalue weighted by molar-refractivity contribution is -0.139. The van der Waals surface area contributed by atoms with E-state index in [4.69, 9.17) is 4.42 Å². The fraction of sp³-hybridized carbons (Fsp3) is 0.250. The van der Waals surface area contributed by atoms with Gasteiger partial charge >= 0.3 is 6.18 Å². The van der Waals surface area contributed by atoms with Gasteiger partial charge in [0.15, 0.2) is 5.76 Å². The molecule has 0 amide bonds. The highest BCUT2D eigenvalue weighted by molar-refractivity contribution is 5.82. The number of nitrogens with one attached hydrogen (secondary N) is 1. The molecule has 0 bridgehead atoms. The summed E-state index contributed by atoms with van der Waals surface area (Å²) in [6.07, 6.45) is -7.55. The predicted molar refractivity (Wildman–Crippen MR) is 99.7 cm³/mol. The Morgan fingerprint density at radius 3 is 2.56 bits per heavy atom. The summed E-state index contributed by atoms with van der Waals surface area (Å²) in [6, 6.07) is 7.38. The maximum atomic E-state index is 14.5. The molecule has 0 spiro atoms. The number of hydrogen-bond donors (Lipinski definition) is 1. The van der Waals surface area contributed by atoms with Gasteiger partial charge in [-0.25, -0.2) is 13.2 Å². The van der Waals surface area contributed by atoms with Gasteiger partial charge in [-0.15, -0.1) is 10.2 Å². The van der Waals surface area contributed by atoms with Crippen LogP contribution in [0.25, 0.3) is 22.6 Å². The van der Waals surface area contributed by atoms with Crippen LogP contribution >= 0.6 is 0 Å². The van der Waals surface area contributed by atoms with E-state index >= 15 is 0 Å². The van der Waals surface area contributed by atoms with E-state index in [1.165, 1.54) is 18.2 Å². The first-order chi connectivity index (χ1) is 15.2. The zero-order valence-corrected chi connectivity index (χ0v) is 16.1. The lowest BCUT2D eigenvalue weighted by atomic mass is 10.0. The molecule has 0 radical (unpaired) electrons. The van der Waals surface area contributed by atoms with Crippen molar-refractivity contribution >= 4 is 11.0 Å². The normalized spacial score (nSPS) is 12.1. The Balaban J connectivity index is 1.55. The van der Waals surface area contributed by atoms with Crippen LogP contribution in [0.3, 0.4) is 0 Å². The van der Waals surface area contributed by atoms with Gasteiger partial charge in [-0.3, -0.25) is 0 Å². The first-order valence-electron chi connectivity index (χ1n) is 9.27. The third-order valence-corrected chi connectivity index (χ3v) is 4.65. The number of ether oxygens (including phenoxy) is 1. The van der Waals surface area contributed by atoms with E-state index in [0.29, 0.717) is 11.0 Å². The summed E-state index contributed by atoms with van der Waals surface area (Å²) in [5.41, 5.74) is -0.332. The van der Waals surface area contributed by atoms with Crippen LogP contribution in [0, 0.1) is 5.82 Å². The average Bonchev–Trinajstić information content (AvgIpc) is 3.39. The van der Waals surface area contributed by atoms with Crippen molar-refractivity contribution in [2.75, 3.05) is 6.61 Å². The molecule has 4 rings (SSSR count). The number of benzene rings is 2. The Hall–Kier alpha value is -3.57. The molecule has 2 heterocycles. The molecule has 2 aromatic carbocycles. The number of hydrogen-bond acceptors (Lipinski definition) is 5. The second-order valence-electron chi connectivity index (χ2n) is 6.86. The van der Waals surface area contributed by atoms with E-state index in [1.807, 2.05) is 0 Å². The topological polar surface area (TPSA) is 76.8 Å². The van der Waals surface area contributed by atoms with Gasteiger partial charge in [0, 0.05) is 5.39 Å². The maximum absolute atomic E-state index is 14.5. The zero-order chi connectivity index (χ0) is 22.9. The van der Waals surface area contributed by atoms with Gasteiger partial charge in [-0.1, -0.05) is 6.07 Å². The molecule has 32 heavy (non-hydrogen) atoms. The van der Waals surface area contributed by atoms with E-state index in [-0.39, 0.29) is 35.6 Å². The van der Waals surface area contributed by atoms with Gasteiger partial charge in [0.1, 0.15) is 23.8 Å². The number of tetrazole rings is 1. The number of aromatic nitrogens is 4. The van der Waals surface area contributed by atoms with Gasteiger partial charge in [-0.05, 0) is 59.5 Å². The molecule has 6 nitrogen and oxygen atoms in total. The van der Waals surface area contributed by atoms with Crippen molar-refractivity contribution in [3.8, 4) is 17.3 Å². The van der Waals surface area contributed by atoms with Crippen molar-refractivity contribution in [3.05, 3.63) is 58.9 Å². The molecule has 4 aromatic rings. The third-order valence-electron chi connectivity index (χ3n) is 4.65. The summed E-state index contributed by atoms with van der Waals surface area (Å²) in [6.45, 7) is -1.15. The van der Waals surface area contributed by atoms with Crippen LogP contribution in [0.2, 0.25) is 0 Å². The zero-order valence-electron chi connectivity index (χ0n) is 16.1. The largest absolute Gasteiger partial charge is 0.487 e. The van der Waals surface area contributed by atoms with Crippen molar-refractivity contribution < 1.29 is 35.5 Å². The molecule has 1 N–H and O–H groups in total. The highest BCUT2D eigenvalue weighted by Crippen LogP contribution is 2.37. The van der Waals surface area contributed by atoms with Gasteiger partial charge in [0.05, 0.1) is 5.56 Å². The van der Waals surface area contributed by atoms with E-state index in [0.717, 1.165) is 12.1 Å². The maximum Gasteiger partial charge on any atom is 0.419 e. The van der Waals surface area contributed by atoms with Crippen LogP contribution < -0.4 is 4.74 Å². The summed E-state index contributed by atoms with van der Waals surface area (Å²) in [5, 5.41) is 13.7. The van der Waals surface area contributed by atoms with Gasteiger partial charge in [0.2, 0.25) is 5.82 Å². The molecule has 0 aliphatic heterocycles. The minimum absolute atomic E-state index is 0.0685. The lowest BCUT2D eigenvalue weighted by Gasteiger charge is -2.15. The van der Waals surface area contributed by atoms with Gasteiger partial charge in [-0.2, -0.15) is 18.4 Å². The van der Waals surface area contributed by atoms with Crippen molar-refractivity contribution in [1.29, 1.82) is 0 Å². The predicted octanol–water partition coefficient (Wildman–Crippen LogP) is 5.20. The second-order valence-corrected chi connectivity index (χ2v) is 6.86. The summed E-state index contributed by atoms with van der Waals surface area (Å²) in [7, 11) is 0. The number of rotatable bonds is 7. The van der Waals surface area contributed by atoms with E-state index in [2.05, 4.69) is 25.4 Å². The number of nitrogens with zero attached hydrogens (tertiary/aromatic N) is 3. The van der Waals surface area contributed by atoms with Crippen molar-refractivity contribution in [1.82, 2.24) is 20.6 Å². The Kier molecular flexibility index (Phi) is 5.76. The first-order valence-corrected chi connectivity index (χ1v) is 9.27. The Morgan fingerprint density at radius 2 is 1.88 bits per heavy atom. The third kappa shape index (κ3) is 4.68. The molecule has 0 saturated heterocycles. The quantitative estimate of drug-likeness (QED) is 0.387. The van der Waals surface area contributed by atoms with Crippen LogP contribution in [-0.2, 0) is 19.0 Å². The highest BCUT2D eigenvalue weighted by Gasteiger charge is 2.35. The van der Waals surface area contributed by atoms with Crippen LogP contribution in [0.1, 0.15) is 16.7 Å². The molecule has 0 atom stereocenters. The molecule has 0 aliphatic carbocycles. The number of alkyl halides is 5. The van der Waals surface area contributed by atoms with Crippen LogP contribution in [0.4, 0.5) is 26.3 Å². The monoisotopic (exact) mass is 456 g/mol. The highest BCUT2D eigenvalue weighted by atomic mass is 19.4. The Labute approximate surface area is 176 Å². The summed E-state index contributed by atoms with van der Waals surface area (Å²) >= 11 is 0. The average molecular weight is 456 g/mol. The number of furan rings is 1. The molecule has 0 aliphatic rings. The fourth-order valence-electron chi connectivity index (χ4n) is 3.18. The standard InChI is InChI=1S/C20H14F6N4O2/c21-14-6-12-8-17(19-27-29-30-28-19)32-16(12)7-11(14)3-1-10-2-4-15(31-9-18(22)23)13(5-10)20(24,25)26/h2,4-8,18H,1,3,9H2,(H,27,28,29,30). The summed E-state index contributed by atoms with van der Waals surface area (Å²) in [5.74, 6) is -0.763. The molecule has 2 aromatic heterocycles. The van der Waals surface area contributed by atoms with Crippen molar-refractivity contribution in [3.63, 3.8) is 0 Å². The molecular formula is C20H14F6N4O2. The summed E-state index contributed by atoms with van der Waals surface area (Å²) < 4.78 is 89.3. The van der Waals surface area contributed by atoms with E-state index in [9.17, 15) is 26.3 Å². The molecule has 0 fully saturated rings. The Bertz CT molecular complexity index is 1220. The molecule has 12 heteroatoms. The van der Waals surface area contributed by atoms with Crippen molar-refractivity contribution in [2.24, 2.45) is 0 Å². The lowest BCUT2D eigenvalue weighted by Crippen LogP contribution is -2.13. The minimum Gasteiger partial charge on any atom is -0.487 e. The molecule has 168 valence electrons. The van der Waals surface area contributed by atoms with Crippen LogP contribution in [-0.4, -0.2) is 33.7 Å². The smallest absolute Gasteiger partial charge is 0.419 e. The van der Waals surface area contributed by atoms with Gasteiger partial charge in [0.25, 0.3) is 6.43 Å². The number of halogens is 6. The van der Waals surface area contributed by atoms with E-state index in [1.54, 1.807) is 6.07 Å². The SMILES string of the molecule is Fc1cc2cc(-c3nn[nH]n3)oc2cc1CCc1ccc(OCC(F)F)c(C(F)(F)F)c1. The summed E-state index contributed by atoms with van der Waals surface area (Å²) in [4.78, 5) is 0.